The Bertz CT molecular complexity index is 1120. The maximum Gasteiger partial charge on any atom is 0.220 e. The van der Waals surface area contributed by atoms with Crippen LogP contribution >= 0.6 is 0 Å². The molecule has 0 fully saturated rings. The van der Waals surface area contributed by atoms with E-state index >= 15 is 0 Å². The highest BCUT2D eigenvalue weighted by molar-refractivity contribution is 5.83. The number of hydrogen-bond donors (Lipinski definition) is 2. The van der Waals surface area contributed by atoms with Gasteiger partial charge in [-0.25, -0.2) is 14.4 Å². The minimum atomic E-state index is -0.303. The van der Waals surface area contributed by atoms with Gasteiger partial charge in [-0.05, 0) is 41.8 Å². The van der Waals surface area contributed by atoms with Gasteiger partial charge in [0.15, 0.2) is 0 Å². The Balaban J connectivity index is 1.78. The summed E-state index contributed by atoms with van der Waals surface area (Å²) < 4.78 is 13.6. The summed E-state index contributed by atoms with van der Waals surface area (Å²) in [6.45, 7) is 0. The zero-order valence-corrected chi connectivity index (χ0v) is 16.4. The van der Waals surface area contributed by atoms with Crippen LogP contribution in [0, 0.1) is 5.82 Å². The number of nitrogen functional groups attached to an aromatic ring is 1. The van der Waals surface area contributed by atoms with Crippen LogP contribution in [-0.4, -0.2) is 21.0 Å². The predicted octanol–water partition coefficient (Wildman–Crippen LogP) is 4.04. The molecule has 4 rings (SSSR count). The standard InChI is InChI=1S/C24H22FN5/c25-19-8-6-17(7-9-19)22-21(15-20(26)14-16-4-2-1-3-5-16)29-24(27)30-23(22)18-10-12-28-13-11-18/h1-13,20H,14-15,26H2,(H2,27,29,30)/t20-/m0/s1. The van der Waals surface area contributed by atoms with E-state index in [2.05, 4.69) is 27.1 Å². The molecular weight excluding hydrogens is 377 g/mol. The summed E-state index contributed by atoms with van der Waals surface area (Å²) in [5.41, 5.74) is 17.6. The maximum absolute atomic E-state index is 13.6. The summed E-state index contributed by atoms with van der Waals surface area (Å²) in [6.07, 6.45) is 4.61. The summed E-state index contributed by atoms with van der Waals surface area (Å²) >= 11 is 0. The van der Waals surface area contributed by atoms with Crippen LogP contribution in [0.3, 0.4) is 0 Å². The summed E-state index contributed by atoms with van der Waals surface area (Å²) in [5.74, 6) is -0.127. The first-order valence-corrected chi connectivity index (χ1v) is 9.72. The molecule has 6 heteroatoms. The van der Waals surface area contributed by atoms with Gasteiger partial charge in [-0.1, -0.05) is 42.5 Å². The van der Waals surface area contributed by atoms with E-state index in [0.717, 1.165) is 27.9 Å². The van der Waals surface area contributed by atoms with E-state index in [4.69, 9.17) is 11.5 Å². The number of benzene rings is 2. The van der Waals surface area contributed by atoms with Crippen molar-refractivity contribution in [1.82, 2.24) is 15.0 Å². The van der Waals surface area contributed by atoms with Gasteiger partial charge in [0.1, 0.15) is 5.82 Å². The van der Waals surface area contributed by atoms with Crippen molar-refractivity contribution >= 4 is 5.95 Å². The molecule has 1 atom stereocenters. The second kappa shape index (κ2) is 8.80. The molecule has 0 bridgehead atoms. The zero-order valence-electron chi connectivity index (χ0n) is 16.4. The highest BCUT2D eigenvalue weighted by Crippen LogP contribution is 2.34. The van der Waals surface area contributed by atoms with Gasteiger partial charge >= 0.3 is 0 Å². The summed E-state index contributed by atoms with van der Waals surface area (Å²) in [7, 11) is 0. The van der Waals surface area contributed by atoms with E-state index in [0.29, 0.717) is 18.5 Å². The molecule has 0 radical (unpaired) electrons. The Morgan fingerprint density at radius 3 is 2.20 bits per heavy atom. The molecule has 0 aliphatic heterocycles. The largest absolute Gasteiger partial charge is 0.368 e. The lowest BCUT2D eigenvalue weighted by Gasteiger charge is -2.18. The summed E-state index contributed by atoms with van der Waals surface area (Å²) in [4.78, 5) is 13.1. The molecule has 0 saturated heterocycles. The molecule has 2 aromatic carbocycles. The van der Waals surface area contributed by atoms with E-state index in [-0.39, 0.29) is 17.8 Å². The number of halogens is 1. The fraction of sp³-hybridized carbons (Fsp3) is 0.125. The quantitative estimate of drug-likeness (QED) is 0.511. The first-order valence-electron chi connectivity index (χ1n) is 9.72. The third-order valence-electron chi connectivity index (χ3n) is 4.88. The molecule has 2 aromatic heterocycles. The molecule has 0 unspecified atom stereocenters. The van der Waals surface area contributed by atoms with E-state index in [9.17, 15) is 4.39 Å². The Morgan fingerprint density at radius 1 is 0.800 bits per heavy atom. The van der Waals surface area contributed by atoms with Crippen molar-refractivity contribution in [3.63, 3.8) is 0 Å². The second-order valence-corrected chi connectivity index (χ2v) is 7.15. The minimum Gasteiger partial charge on any atom is -0.368 e. The average Bonchev–Trinajstić information content (AvgIpc) is 2.75. The van der Waals surface area contributed by atoms with Crippen LogP contribution in [0.15, 0.2) is 79.1 Å². The van der Waals surface area contributed by atoms with Gasteiger partial charge in [0.2, 0.25) is 5.95 Å². The molecule has 30 heavy (non-hydrogen) atoms. The van der Waals surface area contributed by atoms with E-state index < -0.39 is 0 Å². The number of rotatable bonds is 6. The highest BCUT2D eigenvalue weighted by Gasteiger charge is 2.19. The van der Waals surface area contributed by atoms with Crippen molar-refractivity contribution in [3.05, 3.63) is 96.2 Å². The van der Waals surface area contributed by atoms with Crippen LogP contribution in [0.25, 0.3) is 22.4 Å². The molecule has 5 nitrogen and oxygen atoms in total. The van der Waals surface area contributed by atoms with Gasteiger partial charge in [-0.2, -0.15) is 0 Å². The Kier molecular flexibility index (Phi) is 5.77. The van der Waals surface area contributed by atoms with Crippen molar-refractivity contribution < 1.29 is 4.39 Å². The third-order valence-corrected chi connectivity index (χ3v) is 4.88. The zero-order chi connectivity index (χ0) is 20.9. The normalized spacial score (nSPS) is 11.9. The average molecular weight is 399 g/mol. The van der Waals surface area contributed by atoms with Crippen LogP contribution in [0.1, 0.15) is 11.3 Å². The predicted molar refractivity (Wildman–Crippen MR) is 117 cm³/mol. The summed E-state index contributed by atoms with van der Waals surface area (Å²) in [5, 5.41) is 0. The molecule has 0 saturated carbocycles. The van der Waals surface area contributed by atoms with E-state index in [1.165, 1.54) is 12.1 Å². The highest BCUT2D eigenvalue weighted by atomic mass is 19.1. The van der Waals surface area contributed by atoms with E-state index in [1.807, 2.05) is 30.3 Å². The van der Waals surface area contributed by atoms with Gasteiger partial charge in [-0.15, -0.1) is 0 Å². The molecule has 150 valence electrons. The fourth-order valence-corrected chi connectivity index (χ4v) is 3.55. The topological polar surface area (TPSA) is 90.7 Å². The number of nitrogens with two attached hydrogens (primary N) is 2. The number of hydrogen-bond acceptors (Lipinski definition) is 5. The Hall–Kier alpha value is -3.64. The van der Waals surface area contributed by atoms with Crippen molar-refractivity contribution in [2.45, 2.75) is 18.9 Å². The van der Waals surface area contributed by atoms with Crippen LogP contribution < -0.4 is 11.5 Å². The molecule has 0 spiro atoms. The van der Waals surface area contributed by atoms with Crippen molar-refractivity contribution in [1.29, 1.82) is 0 Å². The molecule has 4 N–H and O–H groups in total. The van der Waals surface area contributed by atoms with Crippen molar-refractivity contribution in [2.75, 3.05) is 5.73 Å². The molecule has 4 aromatic rings. The SMILES string of the molecule is Nc1nc(C[C@@H](N)Cc2ccccc2)c(-c2ccc(F)cc2)c(-c2ccncc2)n1. The number of aromatic nitrogens is 3. The molecule has 0 aliphatic rings. The lowest BCUT2D eigenvalue weighted by Crippen LogP contribution is -2.26. The van der Waals surface area contributed by atoms with E-state index in [1.54, 1.807) is 24.5 Å². The molecule has 2 heterocycles. The molecule has 0 amide bonds. The van der Waals surface area contributed by atoms with Gasteiger partial charge in [0, 0.05) is 36.0 Å². The summed E-state index contributed by atoms with van der Waals surface area (Å²) in [6, 6.07) is 19.9. The fourth-order valence-electron chi connectivity index (χ4n) is 3.55. The lowest BCUT2D eigenvalue weighted by molar-refractivity contribution is 0.628. The molecule has 0 aliphatic carbocycles. The van der Waals surface area contributed by atoms with Crippen LogP contribution in [0.4, 0.5) is 10.3 Å². The minimum absolute atomic E-state index is 0.161. The lowest BCUT2D eigenvalue weighted by atomic mass is 9.93. The maximum atomic E-state index is 13.6. The second-order valence-electron chi connectivity index (χ2n) is 7.15. The Morgan fingerprint density at radius 2 is 1.50 bits per heavy atom. The van der Waals surface area contributed by atoms with Gasteiger partial charge in [-0.3, -0.25) is 4.98 Å². The van der Waals surface area contributed by atoms with Gasteiger partial charge < -0.3 is 11.5 Å². The third kappa shape index (κ3) is 4.50. The Labute approximate surface area is 174 Å². The number of anilines is 1. The van der Waals surface area contributed by atoms with Crippen molar-refractivity contribution in [2.24, 2.45) is 5.73 Å². The van der Waals surface area contributed by atoms with Crippen molar-refractivity contribution in [3.8, 4) is 22.4 Å². The van der Waals surface area contributed by atoms with Gasteiger partial charge in [0.05, 0.1) is 11.4 Å². The number of nitrogens with zero attached hydrogens (tertiary/aromatic N) is 3. The van der Waals surface area contributed by atoms with Gasteiger partial charge in [0.25, 0.3) is 0 Å². The molecular formula is C24H22FN5. The van der Waals surface area contributed by atoms with Crippen LogP contribution in [-0.2, 0) is 12.8 Å². The smallest absolute Gasteiger partial charge is 0.220 e. The first-order chi connectivity index (χ1) is 14.6. The first kappa shape index (κ1) is 19.7. The van der Waals surface area contributed by atoms with Crippen LogP contribution in [0.5, 0.6) is 0 Å². The monoisotopic (exact) mass is 399 g/mol. The number of pyridine rings is 1. The van der Waals surface area contributed by atoms with Crippen LogP contribution in [0.2, 0.25) is 0 Å².